The van der Waals surface area contributed by atoms with Gasteiger partial charge in [0.05, 0.1) is 4.90 Å². The second-order valence-electron chi connectivity index (χ2n) is 8.15. The van der Waals surface area contributed by atoms with Crippen LogP contribution in [0.25, 0.3) is 0 Å². The molecule has 0 aliphatic carbocycles. The minimum atomic E-state index is -3.74. The Labute approximate surface area is 181 Å². The zero-order valence-electron chi connectivity index (χ0n) is 18.0. The van der Waals surface area contributed by atoms with Crippen molar-refractivity contribution in [2.75, 3.05) is 19.8 Å². The van der Waals surface area contributed by atoms with E-state index in [-0.39, 0.29) is 35.6 Å². The largest absolute Gasteiger partial charge is 0.486 e. The number of esters is 1. The zero-order chi connectivity index (χ0) is 22.6. The van der Waals surface area contributed by atoms with Crippen LogP contribution < -0.4 is 14.2 Å². The molecule has 1 aliphatic heterocycles. The summed E-state index contributed by atoms with van der Waals surface area (Å²) in [5.74, 6) is 1.17. The van der Waals surface area contributed by atoms with Gasteiger partial charge in [-0.2, -0.15) is 4.98 Å². The van der Waals surface area contributed by atoms with E-state index < -0.39 is 22.1 Å². The molecule has 1 N–H and O–H groups in total. The third-order valence-corrected chi connectivity index (χ3v) is 5.90. The van der Waals surface area contributed by atoms with Crippen LogP contribution in [0.5, 0.6) is 11.5 Å². The standard InChI is InChI=1S/C20H27N3O7S/c1-13(18-22-19(23-30-18)20(2,3)4)29-17(24)6-5-9-21-31(25,26)14-7-8-15-16(12-14)28-11-10-27-15/h7-8,12-13,21H,5-6,9-11H2,1-4H3. The first-order valence-electron chi connectivity index (χ1n) is 9.99. The van der Waals surface area contributed by atoms with Gasteiger partial charge < -0.3 is 18.7 Å². The normalized spacial score (nSPS) is 14.8. The molecule has 0 bridgehead atoms. The third-order valence-electron chi connectivity index (χ3n) is 4.44. The van der Waals surface area contributed by atoms with E-state index in [4.69, 9.17) is 18.7 Å². The van der Waals surface area contributed by atoms with Gasteiger partial charge in [-0.3, -0.25) is 4.79 Å². The second-order valence-corrected chi connectivity index (χ2v) is 9.91. The van der Waals surface area contributed by atoms with Gasteiger partial charge in [-0.05, 0) is 25.5 Å². The number of nitrogens with zero attached hydrogens (tertiary/aromatic N) is 2. The highest BCUT2D eigenvalue weighted by molar-refractivity contribution is 7.89. The van der Waals surface area contributed by atoms with Gasteiger partial charge in [-0.25, -0.2) is 13.1 Å². The molecule has 0 amide bonds. The highest BCUT2D eigenvalue weighted by Gasteiger charge is 2.25. The van der Waals surface area contributed by atoms with Crippen molar-refractivity contribution in [1.29, 1.82) is 0 Å². The molecule has 2 heterocycles. The number of sulfonamides is 1. The molecule has 1 aromatic heterocycles. The Balaban J connectivity index is 1.45. The lowest BCUT2D eigenvalue weighted by molar-refractivity contribution is -0.149. The van der Waals surface area contributed by atoms with Gasteiger partial charge in [-0.1, -0.05) is 25.9 Å². The van der Waals surface area contributed by atoms with E-state index in [2.05, 4.69) is 14.9 Å². The smallest absolute Gasteiger partial charge is 0.306 e. The molecule has 1 atom stereocenters. The number of nitrogens with one attached hydrogen (secondary N) is 1. The van der Waals surface area contributed by atoms with Crippen LogP contribution in [-0.4, -0.2) is 44.3 Å². The summed E-state index contributed by atoms with van der Waals surface area (Å²) in [6.45, 7) is 8.36. The fraction of sp³-hybridized carbons (Fsp3) is 0.550. The van der Waals surface area contributed by atoms with Crippen LogP contribution in [0.4, 0.5) is 0 Å². The summed E-state index contributed by atoms with van der Waals surface area (Å²) >= 11 is 0. The SMILES string of the molecule is CC(OC(=O)CCCNS(=O)(=O)c1ccc2c(c1)OCCO2)c1nc(C(C)(C)C)no1. The lowest BCUT2D eigenvalue weighted by Crippen LogP contribution is -2.26. The van der Waals surface area contributed by atoms with Crippen molar-refractivity contribution in [3.63, 3.8) is 0 Å². The van der Waals surface area contributed by atoms with Gasteiger partial charge >= 0.3 is 5.97 Å². The monoisotopic (exact) mass is 453 g/mol. The molecule has 0 radical (unpaired) electrons. The Morgan fingerprint density at radius 3 is 2.61 bits per heavy atom. The molecule has 0 fully saturated rings. The van der Waals surface area contributed by atoms with E-state index in [1.165, 1.54) is 12.1 Å². The number of aromatic nitrogens is 2. The van der Waals surface area contributed by atoms with Gasteiger partial charge in [0.1, 0.15) is 13.2 Å². The first-order chi connectivity index (χ1) is 14.6. The summed E-state index contributed by atoms with van der Waals surface area (Å²) in [4.78, 5) is 16.4. The van der Waals surface area contributed by atoms with Crippen LogP contribution in [0, 0.1) is 0 Å². The number of rotatable bonds is 8. The number of hydrogen-bond acceptors (Lipinski definition) is 9. The maximum Gasteiger partial charge on any atom is 0.306 e. The zero-order valence-corrected chi connectivity index (χ0v) is 18.8. The number of carbonyl (C=O) groups excluding carboxylic acids is 1. The molecule has 1 unspecified atom stereocenters. The van der Waals surface area contributed by atoms with Crippen molar-refractivity contribution in [2.45, 2.75) is 57.0 Å². The molecule has 170 valence electrons. The molecule has 0 spiro atoms. The van der Waals surface area contributed by atoms with Crippen molar-refractivity contribution in [2.24, 2.45) is 0 Å². The summed E-state index contributed by atoms with van der Waals surface area (Å²) in [5.41, 5.74) is -0.278. The van der Waals surface area contributed by atoms with Crippen LogP contribution >= 0.6 is 0 Å². The molecule has 1 aliphatic rings. The Kier molecular flexibility index (Phi) is 6.85. The minimum absolute atomic E-state index is 0.0360. The first-order valence-corrected chi connectivity index (χ1v) is 11.5. The summed E-state index contributed by atoms with van der Waals surface area (Å²) in [5, 5.41) is 3.90. The van der Waals surface area contributed by atoms with E-state index >= 15 is 0 Å². The maximum atomic E-state index is 12.5. The highest BCUT2D eigenvalue weighted by Crippen LogP contribution is 2.32. The number of ether oxygens (including phenoxy) is 3. The fourth-order valence-electron chi connectivity index (χ4n) is 2.72. The molecular weight excluding hydrogens is 426 g/mol. The lowest BCUT2D eigenvalue weighted by Gasteiger charge is -2.18. The van der Waals surface area contributed by atoms with E-state index in [9.17, 15) is 13.2 Å². The Morgan fingerprint density at radius 2 is 1.94 bits per heavy atom. The van der Waals surface area contributed by atoms with Crippen molar-refractivity contribution in [3.8, 4) is 11.5 Å². The topological polar surface area (TPSA) is 130 Å². The van der Waals surface area contributed by atoms with E-state index in [0.717, 1.165) is 0 Å². The van der Waals surface area contributed by atoms with Gasteiger partial charge in [0, 0.05) is 24.4 Å². The van der Waals surface area contributed by atoms with Gasteiger partial charge in [-0.15, -0.1) is 0 Å². The summed E-state index contributed by atoms with van der Waals surface area (Å²) < 4.78 is 48.7. The lowest BCUT2D eigenvalue weighted by atomic mass is 9.96. The molecule has 0 saturated carbocycles. The van der Waals surface area contributed by atoms with Crippen LogP contribution in [0.2, 0.25) is 0 Å². The first kappa shape index (κ1) is 23.0. The third kappa shape index (κ3) is 5.95. The van der Waals surface area contributed by atoms with Crippen LogP contribution in [0.3, 0.4) is 0 Å². The molecule has 1 aromatic carbocycles. The van der Waals surface area contributed by atoms with Crippen LogP contribution in [0.1, 0.15) is 58.4 Å². The molecule has 31 heavy (non-hydrogen) atoms. The molecular formula is C20H27N3O7S. The average Bonchev–Trinajstić information content (AvgIpc) is 3.22. The van der Waals surface area contributed by atoms with Crippen molar-refractivity contribution >= 4 is 16.0 Å². The predicted molar refractivity (Wildman–Crippen MR) is 109 cm³/mol. The van der Waals surface area contributed by atoms with E-state index in [1.807, 2.05) is 20.8 Å². The fourth-order valence-corrected chi connectivity index (χ4v) is 3.81. The number of fused-ring (bicyclic) bond motifs is 1. The maximum absolute atomic E-state index is 12.5. The number of hydrogen-bond donors (Lipinski definition) is 1. The quantitative estimate of drug-likeness (QED) is 0.473. The molecule has 11 heteroatoms. The summed E-state index contributed by atoms with van der Waals surface area (Å²) in [7, 11) is -3.74. The summed E-state index contributed by atoms with van der Waals surface area (Å²) in [6.07, 6.45) is -0.383. The van der Waals surface area contributed by atoms with E-state index in [0.29, 0.717) is 30.5 Å². The number of benzene rings is 1. The van der Waals surface area contributed by atoms with Gasteiger partial charge in [0.2, 0.25) is 10.0 Å². The van der Waals surface area contributed by atoms with Crippen molar-refractivity contribution in [1.82, 2.24) is 14.9 Å². The summed E-state index contributed by atoms with van der Waals surface area (Å²) in [6, 6.07) is 4.43. The van der Waals surface area contributed by atoms with Crippen molar-refractivity contribution in [3.05, 3.63) is 29.9 Å². The molecule has 3 rings (SSSR count). The number of carbonyl (C=O) groups is 1. The van der Waals surface area contributed by atoms with Gasteiger partial charge in [0.25, 0.3) is 5.89 Å². The molecule has 10 nitrogen and oxygen atoms in total. The average molecular weight is 454 g/mol. The molecule has 2 aromatic rings. The second kappa shape index (κ2) is 9.23. The van der Waals surface area contributed by atoms with Crippen molar-refractivity contribution < 1.29 is 31.9 Å². The molecule has 0 saturated heterocycles. The Bertz CT molecular complexity index is 1030. The van der Waals surface area contributed by atoms with Crippen LogP contribution in [0.15, 0.2) is 27.6 Å². The highest BCUT2D eigenvalue weighted by atomic mass is 32.2. The Morgan fingerprint density at radius 1 is 1.23 bits per heavy atom. The Hall–Kier alpha value is -2.66. The van der Waals surface area contributed by atoms with E-state index in [1.54, 1.807) is 13.0 Å². The van der Waals surface area contributed by atoms with Gasteiger partial charge in [0.15, 0.2) is 23.4 Å². The minimum Gasteiger partial charge on any atom is -0.486 e. The predicted octanol–water partition coefficient (Wildman–Crippen LogP) is 2.50. The van der Waals surface area contributed by atoms with Crippen LogP contribution in [-0.2, 0) is 25.0 Å².